The van der Waals surface area contributed by atoms with Crippen LogP contribution in [0.25, 0.3) is 0 Å². The Morgan fingerprint density at radius 3 is 2.38 bits per heavy atom. The summed E-state index contributed by atoms with van der Waals surface area (Å²) in [6.45, 7) is 2.21. The Bertz CT molecular complexity index is 763. The van der Waals surface area contributed by atoms with Crippen molar-refractivity contribution < 1.29 is 13.9 Å². The number of carbonyl (C=O) groups excluding carboxylic acids is 1. The topological polar surface area (TPSA) is 50.1 Å². The van der Waals surface area contributed by atoms with Gasteiger partial charge in [0.2, 0.25) is 0 Å². The normalized spacial score (nSPS) is 10.3. The molecule has 0 saturated carbocycles. The van der Waals surface area contributed by atoms with Crippen LogP contribution in [0, 0.1) is 17.1 Å². The molecular formula is C22H24FNO2. The van der Waals surface area contributed by atoms with E-state index >= 15 is 0 Å². The molecule has 0 unspecified atom stereocenters. The van der Waals surface area contributed by atoms with Gasteiger partial charge in [0.1, 0.15) is 17.6 Å². The molecule has 2 aromatic rings. The Kier molecular flexibility index (Phi) is 7.82. The lowest BCUT2D eigenvalue weighted by Crippen LogP contribution is -2.08. The second kappa shape index (κ2) is 10.4. The number of halogens is 1. The summed E-state index contributed by atoms with van der Waals surface area (Å²) in [5, 5.41) is 8.71. The highest BCUT2D eigenvalue weighted by Crippen LogP contribution is 2.18. The minimum atomic E-state index is -0.702. The van der Waals surface area contributed by atoms with Crippen molar-refractivity contribution in [3.05, 3.63) is 65.0 Å². The third-order valence-electron chi connectivity index (χ3n) is 4.28. The molecule has 0 aliphatic heterocycles. The van der Waals surface area contributed by atoms with Crippen LogP contribution in [0.15, 0.2) is 42.5 Å². The Morgan fingerprint density at radius 2 is 1.73 bits per heavy atom. The highest BCUT2D eigenvalue weighted by molar-refractivity contribution is 5.91. The van der Waals surface area contributed by atoms with Gasteiger partial charge < -0.3 is 4.74 Å². The van der Waals surface area contributed by atoms with E-state index in [4.69, 9.17) is 10.00 Å². The van der Waals surface area contributed by atoms with E-state index in [9.17, 15) is 9.18 Å². The van der Waals surface area contributed by atoms with E-state index in [-0.39, 0.29) is 11.3 Å². The van der Waals surface area contributed by atoms with Crippen molar-refractivity contribution in [2.45, 2.75) is 51.9 Å². The predicted octanol–water partition coefficient (Wildman–Crippen LogP) is 5.82. The van der Waals surface area contributed by atoms with Crippen molar-refractivity contribution in [2.24, 2.45) is 0 Å². The van der Waals surface area contributed by atoms with E-state index < -0.39 is 11.8 Å². The van der Waals surface area contributed by atoms with Crippen LogP contribution in [0.2, 0.25) is 0 Å². The highest BCUT2D eigenvalue weighted by Gasteiger charge is 2.10. The van der Waals surface area contributed by atoms with Gasteiger partial charge in [-0.1, -0.05) is 51.2 Å². The van der Waals surface area contributed by atoms with Crippen LogP contribution < -0.4 is 4.74 Å². The van der Waals surface area contributed by atoms with Gasteiger partial charge in [0.15, 0.2) is 0 Å². The summed E-state index contributed by atoms with van der Waals surface area (Å²) < 4.78 is 18.7. The zero-order chi connectivity index (χ0) is 18.8. The van der Waals surface area contributed by atoms with Crippen LogP contribution in [-0.2, 0) is 6.42 Å². The Balaban J connectivity index is 1.84. The third kappa shape index (κ3) is 6.00. The van der Waals surface area contributed by atoms with Crippen LogP contribution in [-0.4, -0.2) is 5.97 Å². The fourth-order valence-corrected chi connectivity index (χ4v) is 2.73. The standard InChI is InChI=1S/C22H24FNO2/c1-2-3-4-5-6-7-8-17-9-11-18(12-10-17)22(25)26-20-14-13-19(16-24)21(23)15-20/h9-15H,2-8H2,1H3. The van der Waals surface area contributed by atoms with Crippen LogP contribution in [0.5, 0.6) is 5.75 Å². The number of rotatable bonds is 9. The molecule has 0 fully saturated rings. The molecule has 0 amide bonds. The molecule has 0 spiro atoms. The van der Waals surface area contributed by atoms with Crippen LogP contribution in [0.3, 0.4) is 0 Å². The Morgan fingerprint density at radius 1 is 1.04 bits per heavy atom. The van der Waals surface area contributed by atoms with Gasteiger partial charge in [-0.05, 0) is 42.7 Å². The zero-order valence-corrected chi connectivity index (χ0v) is 15.1. The van der Waals surface area contributed by atoms with Gasteiger partial charge in [0.05, 0.1) is 11.1 Å². The summed E-state index contributed by atoms with van der Waals surface area (Å²) in [4.78, 5) is 12.1. The van der Waals surface area contributed by atoms with E-state index in [0.717, 1.165) is 18.9 Å². The van der Waals surface area contributed by atoms with E-state index in [0.29, 0.717) is 5.56 Å². The molecule has 0 aliphatic carbocycles. The number of carbonyl (C=O) groups is 1. The molecule has 3 nitrogen and oxygen atoms in total. The third-order valence-corrected chi connectivity index (χ3v) is 4.28. The van der Waals surface area contributed by atoms with Crippen LogP contribution >= 0.6 is 0 Å². The monoisotopic (exact) mass is 353 g/mol. The molecule has 0 atom stereocenters. The van der Waals surface area contributed by atoms with Gasteiger partial charge in [-0.2, -0.15) is 5.26 Å². The molecule has 0 saturated heterocycles. The van der Waals surface area contributed by atoms with E-state index in [1.165, 1.54) is 49.8 Å². The average Bonchev–Trinajstić information content (AvgIpc) is 2.65. The number of hydrogen-bond acceptors (Lipinski definition) is 3. The minimum absolute atomic E-state index is 0.0798. The SMILES string of the molecule is CCCCCCCCc1ccc(C(=O)Oc2ccc(C#N)c(F)c2)cc1. The fourth-order valence-electron chi connectivity index (χ4n) is 2.73. The number of nitrogens with zero attached hydrogens (tertiary/aromatic N) is 1. The van der Waals surface area contributed by atoms with E-state index in [1.807, 2.05) is 12.1 Å². The van der Waals surface area contributed by atoms with Crippen molar-refractivity contribution in [3.8, 4) is 11.8 Å². The lowest BCUT2D eigenvalue weighted by Gasteiger charge is -2.06. The molecule has 2 aromatic carbocycles. The highest BCUT2D eigenvalue weighted by atomic mass is 19.1. The van der Waals surface area contributed by atoms with Gasteiger partial charge in [0.25, 0.3) is 0 Å². The van der Waals surface area contributed by atoms with Gasteiger partial charge in [-0.25, -0.2) is 9.18 Å². The zero-order valence-electron chi connectivity index (χ0n) is 15.1. The minimum Gasteiger partial charge on any atom is -0.423 e. The van der Waals surface area contributed by atoms with Gasteiger partial charge in [-0.3, -0.25) is 0 Å². The number of unbranched alkanes of at least 4 members (excludes halogenated alkanes) is 5. The summed E-state index contributed by atoms with van der Waals surface area (Å²) in [6, 6.07) is 12.8. The van der Waals surface area contributed by atoms with Gasteiger partial charge in [0, 0.05) is 6.07 Å². The number of nitriles is 1. The largest absolute Gasteiger partial charge is 0.423 e. The molecule has 0 radical (unpaired) electrons. The maximum absolute atomic E-state index is 13.6. The Labute approximate surface area is 154 Å². The average molecular weight is 353 g/mol. The number of hydrogen-bond donors (Lipinski definition) is 0. The fraction of sp³-hybridized carbons (Fsp3) is 0.364. The number of benzene rings is 2. The van der Waals surface area contributed by atoms with Crippen molar-refractivity contribution >= 4 is 5.97 Å². The molecule has 0 bridgehead atoms. The van der Waals surface area contributed by atoms with Crippen LogP contribution in [0.1, 0.15) is 66.9 Å². The second-order valence-corrected chi connectivity index (χ2v) is 6.36. The smallest absolute Gasteiger partial charge is 0.343 e. The van der Waals surface area contributed by atoms with E-state index in [1.54, 1.807) is 18.2 Å². The Hall–Kier alpha value is -2.67. The first-order chi connectivity index (χ1) is 12.6. The van der Waals surface area contributed by atoms with Crippen molar-refractivity contribution in [2.75, 3.05) is 0 Å². The second-order valence-electron chi connectivity index (χ2n) is 6.36. The van der Waals surface area contributed by atoms with E-state index in [2.05, 4.69) is 6.92 Å². The first kappa shape index (κ1) is 19.7. The first-order valence-corrected chi connectivity index (χ1v) is 9.15. The molecule has 2 rings (SSSR count). The van der Waals surface area contributed by atoms with Crippen molar-refractivity contribution in [1.82, 2.24) is 0 Å². The molecule has 136 valence electrons. The van der Waals surface area contributed by atoms with Gasteiger partial charge in [-0.15, -0.1) is 0 Å². The maximum Gasteiger partial charge on any atom is 0.343 e. The molecule has 0 heterocycles. The van der Waals surface area contributed by atoms with Crippen molar-refractivity contribution in [3.63, 3.8) is 0 Å². The molecule has 0 aromatic heterocycles. The van der Waals surface area contributed by atoms with Crippen molar-refractivity contribution in [1.29, 1.82) is 5.26 Å². The lowest BCUT2D eigenvalue weighted by atomic mass is 10.0. The maximum atomic E-state index is 13.6. The predicted molar refractivity (Wildman–Crippen MR) is 99.6 cm³/mol. The summed E-state index contributed by atoms with van der Waals surface area (Å²) >= 11 is 0. The molecular weight excluding hydrogens is 329 g/mol. The lowest BCUT2D eigenvalue weighted by molar-refractivity contribution is 0.0734. The first-order valence-electron chi connectivity index (χ1n) is 9.15. The van der Waals surface area contributed by atoms with Crippen LogP contribution in [0.4, 0.5) is 4.39 Å². The summed E-state index contributed by atoms with van der Waals surface area (Å²) in [5.41, 5.74) is 1.53. The molecule has 26 heavy (non-hydrogen) atoms. The number of esters is 1. The summed E-state index contributed by atoms with van der Waals surface area (Å²) in [5.74, 6) is -1.16. The molecule has 0 N–H and O–H groups in total. The summed E-state index contributed by atoms with van der Waals surface area (Å²) in [7, 11) is 0. The summed E-state index contributed by atoms with van der Waals surface area (Å²) in [6.07, 6.45) is 8.53. The molecule has 4 heteroatoms. The van der Waals surface area contributed by atoms with Gasteiger partial charge >= 0.3 is 5.97 Å². The molecule has 0 aliphatic rings. The number of aryl methyl sites for hydroxylation is 1. The quantitative estimate of drug-likeness (QED) is 0.324. The number of ether oxygens (including phenoxy) is 1.